The number of aliphatic carboxylic acids is 1. The molecule has 2 atom stereocenters. The molecular formula is C11H21NO4S. The van der Waals surface area contributed by atoms with Crippen LogP contribution in [0.25, 0.3) is 0 Å². The Morgan fingerprint density at radius 3 is 2.59 bits per heavy atom. The van der Waals surface area contributed by atoms with Crippen molar-refractivity contribution in [3.8, 4) is 0 Å². The average Bonchev–Trinajstić information content (AvgIpc) is 2.26. The maximum absolute atomic E-state index is 11.6. The van der Waals surface area contributed by atoms with Gasteiger partial charge >= 0.3 is 5.97 Å². The van der Waals surface area contributed by atoms with Crippen molar-refractivity contribution in [2.24, 2.45) is 0 Å². The lowest BCUT2D eigenvalue weighted by atomic mass is 9.97. The lowest BCUT2D eigenvalue weighted by molar-refractivity contribution is -0.140. The molecule has 0 radical (unpaired) electrons. The second-order valence-corrected chi connectivity index (χ2v) is 7.57. The van der Waals surface area contributed by atoms with Crippen LogP contribution in [0.5, 0.6) is 0 Å². The zero-order valence-corrected chi connectivity index (χ0v) is 11.2. The van der Waals surface area contributed by atoms with Crippen LogP contribution in [0.15, 0.2) is 0 Å². The summed E-state index contributed by atoms with van der Waals surface area (Å²) in [6, 6.07) is -0.506. The van der Waals surface area contributed by atoms with E-state index in [9.17, 15) is 13.2 Å². The van der Waals surface area contributed by atoms with Crippen molar-refractivity contribution in [2.75, 3.05) is 5.75 Å². The first-order chi connectivity index (χ1) is 7.83. The third-order valence-electron chi connectivity index (χ3n) is 3.25. The van der Waals surface area contributed by atoms with E-state index in [1.165, 1.54) is 0 Å². The first-order valence-electron chi connectivity index (χ1n) is 6.03. The Morgan fingerprint density at radius 1 is 1.41 bits per heavy atom. The first-order valence-corrected chi connectivity index (χ1v) is 7.75. The van der Waals surface area contributed by atoms with Gasteiger partial charge in [-0.2, -0.15) is 0 Å². The van der Waals surface area contributed by atoms with E-state index in [1.54, 1.807) is 13.8 Å². The number of hydrogen-bond donors (Lipinski definition) is 2. The van der Waals surface area contributed by atoms with Gasteiger partial charge in [0, 0.05) is 6.04 Å². The fraction of sp³-hybridized carbons (Fsp3) is 0.909. The summed E-state index contributed by atoms with van der Waals surface area (Å²) in [5.74, 6) is -0.712. The van der Waals surface area contributed by atoms with Gasteiger partial charge in [-0.05, 0) is 39.5 Å². The number of rotatable bonds is 5. The normalized spacial score (nSPS) is 26.1. The average molecular weight is 263 g/mol. The largest absolute Gasteiger partial charge is 0.480 e. The molecule has 5 nitrogen and oxygen atoms in total. The Labute approximate surface area is 103 Å². The number of carbonyl (C=O) groups is 1. The molecule has 1 heterocycles. The van der Waals surface area contributed by atoms with E-state index >= 15 is 0 Å². The Morgan fingerprint density at radius 2 is 2.06 bits per heavy atom. The SMILES string of the molecule is CC(C)S(=O)(=O)CCC1CCCC(C(=O)O)N1. The third-order valence-corrected chi connectivity index (χ3v) is 5.49. The molecule has 0 aromatic carbocycles. The molecule has 0 aliphatic carbocycles. The quantitative estimate of drug-likeness (QED) is 0.766. The highest BCUT2D eigenvalue weighted by Gasteiger charge is 2.27. The van der Waals surface area contributed by atoms with Crippen molar-refractivity contribution in [3.05, 3.63) is 0 Å². The molecule has 2 unspecified atom stereocenters. The van der Waals surface area contributed by atoms with Gasteiger partial charge in [-0.15, -0.1) is 0 Å². The molecule has 1 aliphatic heterocycles. The number of hydrogen-bond acceptors (Lipinski definition) is 4. The molecule has 1 rings (SSSR count). The van der Waals surface area contributed by atoms with Gasteiger partial charge in [-0.3, -0.25) is 4.79 Å². The molecule has 0 saturated carbocycles. The minimum Gasteiger partial charge on any atom is -0.480 e. The summed E-state index contributed by atoms with van der Waals surface area (Å²) in [6.07, 6.45) is 2.83. The molecule has 0 aromatic rings. The van der Waals surface area contributed by atoms with Crippen molar-refractivity contribution in [3.63, 3.8) is 0 Å². The molecule has 17 heavy (non-hydrogen) atoms. The van der Waals surface area contributed by atoms with E-state index in [0.717, 1.165) is 12.8 Å². The molecule has 1 saturated heterocycles. The predicted octanol–water partition coefficient (Wildman–Crippen LogP) is 0.795. The summed E-state index contributed by atoms with van der Waals surface area (Å²) in [5.41, 5.74) is 0. The summed E-state index contributed by atoms with van der Waals surface area (Å²) in [7, 11) is -3.02. The molecule has 0 spiro atoms. The van der Waals surface area contributed by atoms with Crippen molar-refractivity contribution in [2.45, 2.75) is 56.9 Å². The van der Waals surface area contributed by atoms with Crippen LogP contribution in [0.4, 0.5) is 0 Å². The standard InChI is InChI=1S/C11H21NO4S/c1-8(2)17(15,16)7-6-9-4-3-5-10(12-9)11(13)14/h8-10,12H,3-7H2,1-2H3,(H,13,14). The number of sulfone groups is 1. The van der Waals surface area contributed by atoms with Crippen LogP contribution >= 0.6 is 0 Å². The van der Waals surface area contributed by atoms with E-state index < -0.39 is 21.8 Å². The molecule has 0 bridgehead atoms. The summed E-state index contributed by atoms with van der Waals surface area (Å²) in [4.78, 5) is 10.8. The zero-order chi connectivity index (χ0) is 13.1. The number of carboxylic acids is 1. The highest BCUT2D eigenvalue weighted by atomic mass is 32.2. The maximum atomic E-state index is 11.6. The molecule has 1 aliphatic rings. The second-order valence-electron chi connectivity index (χ2n) is 4.89. The molecule has 0 aromatic heterocycles. The summed E-state index contributed by atoms with van der Waals surface area (Å²) >= 11 is 0. The Kier molecular flexibility index (Phi) is 4.94. The summed E-state index contributed by atoms with van der Waals surface area (Å²) in [6.45, 7) is 3.34. The molecule has 2 N–H and O–H groups in total. The van der Waals surface area contributed by atoms with Crippen molar-refractivity contribution in [1.29, 1.82) is 0 Å². The highest BCUT2D eigenvalue weighted by molar-refractivity contribution is 7.91. The lowest BCUT2D eigenvalue weighted by Crippen LogP contribution is -2.47. The summed E-state index contributed by atoms with van der Waals surface area (Å²) in [5, 5.41) is 11.5. The molecule has 100 valence electrons. The zero-order valence-electron chi connectivity index (χ0n) is 10.3. The van der Waals surface area contributed by atoms with Gasteiger partial charge in [0.1, 0.15) is 6.04 Å². The fourth-order valence-electron chi connectivity index (χ4n) is 1.98. The van der Waals surface area contributed by atoms with E-state index in [0.29, 0.717) is 12.8 Å². The Hall–Kier alpha value is -0.620. The molecule has 0 amide bonds. The van der Waals surface area contributed by atoms with E-state index in [4.69, 9.17) is 5.11 Å². The van der Waals surface area contributed by atoms with Gasteiger partial charge in [-0.25, -0.2) is 8.42 Å². The fourth-order valence-corrected chi connectivity index (χ4v) is 3.07. The Balaban J connectivity index is 2.45. The highest BCUT2D eigenvalue weighted by Crippen LogP contribution is 2.16. The van der Waals surface area contributed by atoms with Crippen LogP contribution < -0.4 is 5.32 Å². The number of nitrogens with one attached hydrogen (secondary N) is 1. The van der Waals surface area contributed by atoms with Gasteiger partial charge in [-0.1, -0.05) is 0 Å². The maximum Gasteiger partial charge on any atom is 0.320 e. The van der Waals surface area contributed by atoms with Gasteiger partial charge < -0.3 is 10.4 Å². The van der Waals surface area contributed by atoms with Crippen molar-refractivity contribution in [1.82, 2.24) is 5.32 Å². The summed E-state index contributed by atoms with van der Waals surface area (Å²) < 4.78 is 23.3. The van der Waals surface area contributed by atoms with Crippen LogP contribution in [-0.4, -0.2) is 42.6 Å². The minimum atomic E-state index is -3.02. The molecule has 6 heteroatoms. The minimum absolute atomic E-state index is 0.0124. The number of piperidine rings is 1. The monoisotopic (exact) mass is 263 g/mol. The van der Waals surface area contributed by atoms with Crippen LogP contribution in [0.1, 0.15) is 39.5 Å². The van der Waals surface area contributed by atoms with Gasteiger partial charge in [0.05, 0.1) is 11.0 Å². The van der Waals surface area contributed by atoms with E-state index in [-0.39, 0.29) is 17.0 Å². The van der Waals surface area contributed by atoms with E-state index in [1.807, 2.05) is 0 Å². The lowest BCUT2D eigenvalue weighted by Gasteiger charge is -2.28. The van der Waals surface area contributed by atoms with Crippen LogP contribution in [-0.2, 0) is 14.6 Å². The molecular weight excluding hydrogens is 242 g/mol. The second kappa shape index (κ2) is 5.82. The topological polar surface area (TPSA) is 83.5 Å². The van der Waals surface area contributed by atoms with Gasteiger partial charge in [0.25, 0.3) is 0 Å². The van der Waals surface area contributed by atoms with Gasteiger partial charge in [0.2, 0.25) is 0 Å². The smallest absolute Gasteiger partial charge is 0.320 e. The Bertz CT molecular complexity index is 364. The van der Waals surface area contributed by atoms with Gasteiger partial charge in [0.15, 0.2) is 9.84 Å². The van der Waals surface area contributed by atoms with Crippen LogP contribution in [0, 0.1) is 0 Å². The number of carboxylic acid groups (broad SMARTS) is 1. The predicted molar refractivity (Wildman–Crippen MR) is 65.7 cm³/mol. The van der Waals surface area contributed by atoms with E-state index in [2.05, 4.69) is 5.32 Å². The molecule has 1 fully saturated rings. The van der Waals surface area contributed by atoms with Crippen LogP contribution in [0.3, 0.4) is 0 Å². The third kappa shape index (κ3) is 4.27. The van der Waals surface area contributed by atoms with Crippen molar-refractivity contribution < 1.29 is 18.3 Å². The van der Waals surface area contributed by atoms with Crippen LogP contribution in [0.2, 0.25) is 0 Å². The first kappa shape index (κ1) is 14.4. The van der Waals surface area contributed by atoms with Crippen molar-refractivity contribution >= 4 is 15.8 Å².